The Morgan fingerprint density at radius 1 is 1.47 bits per heavy atom. The van der Waals surface area contributed by atoms with Gasteiger partial charge in [0.25, 0.3) is 0 Å². The lowest BCUT2D eigenvalue weighted by atomic mass is 10.1. The Labute approximate surface area is 110 Å². The van der Waals surface area contributed by atoms with Crippen LogP contribution in [0.3, 0.4) is 0 Å². The second kappa shape index (κ2) is 6.07. The van der Waals surface area contributed by atoms with E-state index >= 15 is 0 Å². The van der Waals surface area contributed by atoms with E-state index in [9.17, 15) is 4.39 Å². The van der Waals surface area contributed by atoms with E-state index in [-0.39, 0.29) is 5.56 Å². The highest BCUT2D eigenvalue weighted by atomic mass is 19.1. The zero-order valence-electron chi connectivity index (χ0n) is 10.5. The Kier molecular flexibility index (Phi) is 4.21. The number of aromatic nitrogens is 2. The molecule has 1 aromatic carbocycles. The van der Waals surface area contributed by atoms with Crippen molar-refractivity contribution in [3.05, 3.63) is 46.9 Å². The van der Waals surface area contributed by atoms with Crippen LogP contribution in [0.2, 0.25) is 0 Å². The molecule has 0 bridgehead atoms. The molecule has 2 aromatic rings. The van der Waals surface area contributed by atoms with Crippen molar-refractivity contribution in [3.63, 3.8) is 0 Å². The average molecular weight is 260 g/mol. The predicted molar refractivity (Wildman–Crippen MR) is 65.6 cm³/mol. The Bertz CT molecular complexity index is 603. The third-order valence-electron chi connectivity index (χ3n) is 2.57. The standard InChI is InChI=1S/C13H13FN4O/c1-9-17-13(19-18-9)4-5-16-8-10-2-3-12(14)11(6-10)7-15/h2-3,6,16H,4-5,8H2,1H3. The van der Waals surface area contributed by atoms with Crippen molar-refractivity contribution in [2.24, 2.45) is 0 Å². The summed E-state index contributed by atoms with van der Waals surface area (Å²) in [5.41, 5.74) is 0.923. The molecule has 1 N–H and O–H groups in total. The maximum Gasteiger partial charge on any atom is 0.227 e. The molecule has 0 aliphatic carbocycles. The van der Waals surface area contributed by atoms with Gasteiger partial charge >= 0.3 is 0 Å². The van der Waals surface area contributed by atoms with Gasteiger partial charge in [-0.2, -0.15) is 10.2 Å². The molecule has 0 saturated heterocycles. The first-order valence-corrected chi connectivity index (χ1v) is 5.87. The molecule has 0 amide bonds. The molecule has 5 nitrogen and oxygen atoms in total. The fraction of sp³-hybridized carbons (Fsp3) is 0.308. The number of nitrogens with one attached hydrogen (secondary N) is 1. The van der Waals surface area contributed by atoms with Gasteiger partial charge in [0, 0.05) is 19.5 Å². The third kappa shape index (κ3) is 3.60. The van der Waals surface area contributed by atoms with Crippen LogP contribution in [0.25, 0.3) is 0 Å². The monoisotopic (exact) mass is 260 g/mol. The summed E-state index contributed by atoms with van der Waals surface area (Å²) < 4.78 is 18.1. The zero-order chi connectivity index (χ0) is 13.7. The minimum atomic E-state index is -0.493. The third-order valence-corrected chi connectivity index (χ3v) is 2.57. The van der Waals surface area contributed by atoms with Crippen molar-refractivity contribution in [1.82, 2.24) is 15.5 Å². The van der Waals surface area contributed by atoms with Crippen molar-refractivity contribution in [2.75, 3.05) is 6.54 Å². The van der Waals surface area contributed by atoms with Crippen molar-refractivity contribution >= 4 is 0 Å². The summed E-state index contributed by atoms with van der Waals surface area (Å²) in [5, 5.41) is 15.6. The van der Waals surface area contributed by atoms with Gasteiger partial charge in [-0.15, -0.1) is 0 Å². The molecular weight excluding hydrogens is 247 g/mol. The van der Waals surface area contributed by atoms with Crippen LogP contribution in [-0.4, -0.2) is 16.7 Å². The van der Waals surface area contributed by atoms with Gasteiger partial charge in [-0.1, -0.05) is 11.2 Å². The lowest BCUT2D eigenvalue weighted by Gasteiger charge is -2.04. The zero-order valence-corrected chi connectivity index (χ0v) is 10.5. The van der Waals surface area contributed by atoms with Gasteiger partial charge in [0.05, 0.1) is 5.56 Å². The molecule has 0 atom stereocenters. The molecule has 98 valence electrons. The molecule has 0 radical (unpaired) electrons. The molecule has 6 heteroatoms. The number of rotatable bonds is 5. The molecular formula is C13H13FN4O. The summed E-state index contributed by atoms with van der Waals surface area (Å²) >= 11 is 0. The van der Waals surface area contributed by atoms with Gasteiger partial charge in [-0.3, -0.25) is 0 Å². The summed E-state index contributed by atoms with van der Waals surface area (Å²) in [6.45, 7) is 2.99. The summed E-state index contributed by atoms with van der Waals surface area (Å²) in [5.74, 6) is 0.710. The molecule has 0 saturated carbocycles. The Hall–Kier alpha value is -2.26. The number of nitriles is 1. The number of hydrogen-bond donors (Lipinski definition) is 1. The number of nitrogens with zero attached hydrogens (tertiary/aromatic N) is 3. The van der Waals surface area contributed by atoms with Crippen LogP contribution in [0.5, 0.6) is 0 Å². The van der Waals surface area contributed by atoms with Gasteiger partial charge in [0.15, 0.2) is 5.82 Å². The fourth-order valence-electron chi connectivity index (χ4n) is 1.64. The fourth-order valence-corrected chi connectivity index (χ4v) is 1.64. The quantitative estimate of drug-likeness (QED) is 0.828. The van der Waals surface area contributed by atoms with E-state index in [0.717, 1.165) is 5.56 Å². The predicted octanol–water partition coefficient (Wildman–Crippen LogP) is 1.72. The Morgan fingerprint density at radius 2 is 2.32 bits per heavy atom. The maximum atomic E-state index is 13.1. The average Bonchev–Trinajstić information content (AvgIpc) is 2.82. The van der Waals surface area contributed by atoms with Crippen molar-refractivity contribution in [3.8, 4) is 6.07 Å². The Balaban J connectivity index is 1.81. The van der Waals surface area contributed by atoms with Crippen LogP contribution in [0, 0.1) is 24.1 Å². The highest BCUT2D eigenvalue weighted by molar-refractivity contribution is 5.34. The van der Waals surface area contributed by atoms with Crippen LogP contribution in [-0.2, 0) is 13.0 Å². The summed E-state index contributed by atoms with van der Waals surface area (Å²) in [7, 11) is 0. The van der Waals surface area contributed by atoms with Crippen molar-refractivity contribution in [2.45, 2.75) is 19.9 Å². The van der Waals surface area contributed by atoms with E-state index < -0.39 is 5.82 Å². The van der Waals surface area contributed by atoms with Crippen LogP contribution in [0.4, 0.5) is 4.39 Å². The molecule has 1 heterocycles. The van der Waals surface area contributed by atoms with E-state index in [2.05, 4.69) is 15.5 Å². The van der Waals surface area contributed by atoms with Gasteiger partial charge in [0.1, 0.15) is 11.9 Å². The molecule has 2 rings (SSSR count). The number of halogens is 1. The highest BCUT2D eigenvalue weighted by Crippen LogP contribution is 2.09. The van der Waals surface area contributed by atoms with Gasteiger partial charge in [-0.25, -0.2) is 4.39 Å². The molecule has 0 unspecified atom stereocenters. The highest BCUT2D eigenvalue weighted by Gasteiger charge is 2.04. The van der Waals surface area contributed by atoms with Crippen LogP contribution >= 0.6 is 0 Å². The van der Waals surface area contributed by atoms with Crippen molar-refractivity contribution in [1.29, 1.82) is 5.26 Å². The number of benzene rings is 1. The van der Waals surface area contributed by atoms with Gasteiger partial charge < -0.3 is 9.84 Å². The van der Waals surface area contributed by atoms with E-state index in [1.165, 1.54) is 6.07 Å². The second-order valence-corrected chi connectivity index (χ2v) is 4.09. The van der Waals surface area contributed by atoms with E-state index in [0.29, 0.717) is 31.2 Å². The second-order valence-electron chi connectivity index (χ2n) is 4.09. The molecule has 0 aliphatic rings. The molecule has 1 aromatic heterocycles. The van der Waals surface area contributed by atoms with Crippen LogP contribution < -0.4 is 5.32 Å². The first-order chi connectivity index (χ1) is 9.19. The lowest BCUT2D eigenvalue weighted by Crippen LogP contribution is -2.17. The van der Waals surface area contributed by atoms with E-state index in [1.807, 2.05) is 6.07 Å². The lowest BCUT2D eigenvalue weighted by molar-refractivity contribution is 0.372. The topological polar surface area (TPSA) is 74.7 Å². The minimum absolute atomic E-state index is 0.0619. The first kappa shape index (κ1) is 13.2. The molecule has 0 fully saturated rings. The summed E-state index contributed by atoms with van der Waals surface area (Å²) in [6.07, 6.45) is 0.632. The normalized spacial score (nSPS) is 10.4. The SMILES string of the molecule is Cc1noc(CCNCc2ccc(F)c(C#N)c2)n1. The van der Waals surface area contributed by atoms with Gasteiger partial charge in [0.2, 0.25) is 5.89 Å². The summed E-state index contributed by atoms with van der Waals surface area (Å²) in [4.78, 5) is 4.08. The minimum Gasteiger partial charge on any atom is -0.339 e. The van der Waals surface area contributed by atoms with Crippen LogP contribution in [0.15, 0.2) is 22.7 Å². The largest absolute Gasteiger partial charge is 0.339 e. The number of hydrogen-bond acceptors (Lipinski definition) is 5. The molecule has 0 aliphatic heterocycles. The molecule has 19 heavy (non-hydrogen) atoms. The van der Waals surface area contributed by atoms with E-state index in [4.69, 9.17) is 9.78 Å². The Morgan fingerprint density at radius 3 is 3.00 bits per heavy atom. The van der Waals surface area contributed by atoms with Crippen LogP contribution in [0.1, 0.15) is 22.8 Å². The van der Waals surface area contributed by atoms with E-state index in [1.54, 1.807) is 19.1 Å². The number of aryl methyl sites for hydroxylation is 1. The smallest absolute Gasteiger partial charge is 0.227 e. The first-order valence-electron chi connectivity index (χ1n) is 5.87. The molecule has 0 spiro atoms. The summed E-state index contributed by atoms with van der Waals surface area (Å²) in [6, 6.07) is 6.31. The van der Waals surface area contributed by atoms with Crippen molar-refractivity contribution < 1.29 is 8.91 Å². The van der Waals surface area contributed by atoms with Gasteiger partial charge in [-0.05, 0) is 24.6 Å². The maximum absolute atomic E-state index is 13.1.